The van der Waals surface area contributed by atoms with E-state index in [-0.39, 0.29) is 18.2 Å². The van der Waals surface area contributed by atoms with Crippen LogP contribution in [-0.4, -0.2) is 49.1 Å². The summed E-state index contributed by atoms with van der Waals surface area (Å²) in [5.74, 6) is 0.667. The zero-order valence-corrected chi connectivity index (χ0v) is 24.2. The van der Waals surface area contributed by atoms with Crippen molar-refractivity contribution in [2.45, 2.75) is 46.4 Å². The minimum Gasteiger partial charge on any atom is -0.445 e. The Kier molecular flexibility index (Phi) is 9.40. The average Bonchev–Trinajstić information content (AvgIpc) is 3.43. The SMILES string of the molecule is COCCN(C(=O)OCc1cccc(-c2cc(-c3ccc(-c4ccccc4)c(C)c3COC)on2)c1)C(C)(C)C. The van der Waals surface area contributed by atoms with Crippen molar-refractivity contribution in [1.82, 2.24) is 10.1 Å². The van der Waals surface area contributed by atoms with E-state index in [0.29, 0.717) is 31.2 Å². The van der Waals surface area contributed by atoms with Gasteiger partial charge >= 0.3 is 6.09 Å². The molecule has 0 bridgehead atoms. The maximum Gasteiger partial charge on any atom is 0.410 e. The highest BCUT2D eigenvalue weighted by Crippen LogP contribution is 2.35. The number of benzene rings is 3. The molecule has 0 saturated carbocycles. The van der Waals surface area contributed by atoms with Crippen molar-refractivity contribution in [3.8, 4) is 33.7 Å². The second-order valence-electron chi connectivity index (χ2n) is 10.7. The fraction of sp³-hybridized carbons (Fsp3) is 0.333. The van der Waals surface area contributed by atoms with Crippen LogP contribution in [0.2, 0.25) is 0 Å². The van der Waals surface area contributed by atoms with E-state index in [0.717, 1.165) is 38.9 Å². The van der Waals surface area contributed by atoms with Crippen molar-refractivity contribution in [3.63, 3.8) is 0 Å². The molecule has 1 amide bonds. The molecule has 0 saturated heterocycles. The molecule has 7 nitrogen and oxygen atoms in total. The minimum absolute atomic E-state index is 0.148. The Hall–Kier alpha value is -3.94. The molecular weight excluding hydrogens is 504 g/mol. The van der Waals surface area contributed by atoms with E-state index in [1.165, 1.54) is 0 Å². The van der Waals surface area contributed by atoms with Crippen LogP contribution in [0.25, 0.3) is 33.7 Å². The van der Waals surface area contributed by atoms with Gasteiger partial charge in [-0.2, -0.15) is 0 Å². The molecule has 210 valence electrons. The van der Waals surface area contributed by atoms with Gasteiger partial charge < -0.3 is 23.6 Å². The van der Waals surface area contributed by atoms with Crippen molar-refractivity contribution >= 4 is 6.09 Å². The summed E-state index contributed by atoms with van der Waals surface area (Å²) in [6.07, 6.45) is -0.376. The summed E-state index contributed by atoms with van der Waals surface area (Å²) in [6.45, 7) is 9.53. The van der Waals surface area contributed by atoms with Crippen LogP contribution in [0.3, 0.4) is 0 Å². The van der Waals surface area contributed by atoms with Gasteiger partial charge in [-0.15, -0.1) is 0 Å². The number of hydrogen-bond acceptors (Lipinski definition) is 6. The number of ether oxygens (including phenoxy) is 3. The van der Waals surface area contributed by atoms with E-state index in [1.807, 2.05) is 69.3 Å². The van der Waals surface area contributed by atoms with Gasteiger partial charge in [-0.1, -0.05) is 65.8 Å². The van der Waals surface area contributed by atoms with Crippen molar-refractivity contribution < 1.29 is 23.5 Å². The fourth-order valence-corrected chi connectivity index (χ4v) is 4.71. The number of hydrogen-bond donors (Lipinski definition) is 0. The monoisotopic (exact) mass is 542 g/mol. The van der Waals surface area contributed by atoms with Gasteiger partial charge in [0, 0.05) is 43.5 Å². The van der Waals surface area contributed by atoms with Gasteiger partial charge in [0.1, 0.15) is 12.3 Å². The second kappa shape index (κ2) is 12.9. The molecule has 3 aromatic carbocycles. The Balaban J connectivity index is 1.55. The fourth-order valence-electron chi connectivity index (χ4n) is 4.71. The Morgan fingerprint density at radius 1 is 0.875 bits per heavy atom. The lowest BCUT2D eigenvalue weighted by Gasteiger charge is -2.34. The molecule has 0 aliphatic rings. The number of amides is 1. The van der Waals surface area contributed by atoms with Crippen LogP contribution in [0.4, 0.5) is 4.79 Å². The van der Waals surface area contributed by atoms with Gasteiger partial charge in [-0.25, -0.2) is 4.79 Å². The predicted molar refractivity (Wildman–Crippen MR) is 157 cm³/mol. The zero-order valence-electron chi connectivity index (χ0n) is 24.2. The predicted octanol–water partition coefficient (Wildman–Crippen LogP) is 7.51. The molecule has 4 aromatic rings. The largest absolute Gasteiger partial charge is 0.445 e. The highest BCUT2D eigenvalue weighted by Gasteiger charge is 2.27. The van der Waals surface area contributed by atoms with Crippen molar-refractivity contribution in [2.24, 2.45) is 0 Å². The molecule has 0 N–H and O–H groups in total. The topological polar surface area (TPSA) is 74.0 Å². The zero-order chi connectivity index (χ0) is 28.7. The lowest BCUT2D eigenvalue weighted by molar-refractivity contribution is 0.0478. The Morgan fingerprint density at radius 3 is 2.30 bits per heavy atom. The third kappa shape index (κ3) is 6.79. The van der Waals surface area contributed by atoms with E-state index >= 15 is 0 Å². The maximum absolute atomic E-state index is 12.8. The van der Waals surface area contributed by atoms with E-state index in [1.54, 1.807) is 19.1 Å². The first kappa shape index (κ1) is 29.1. The third-order valence-electron chi connectivity index (χ3n) is 6.88. The van der Waals surface area contributed by atoms with Crippen LogP contribution < -0.4 is 0 Å². The Morgan fingerprint density at radius 2 is 1.60 bits per heavy atom. The first-order valence-electron chi connectivity index (χ1n) is 13.4. The lowest BCUT2D eigenvalue weighted by Crippen LogP contribution is -2.47. The number of carbonyl (C=O) groups is 1. The third-order valence-corrected chi connectivity index (χ3v) is 6.88. The molecule has 4 rings (SSSR count). The van der Waals surface area contributed by atoms with Gasteiger partial charge in [-0.3, -0.25) is 0 Å². The smallest absolute Gasteiger partial charge is 0.410 e. The van der Waals surface area contributed by atoms with Gasteiger partial charge in [0.15, 0.2) is 5.76 Å². The molecule has 0 fully saturated rings. The first-order valence-corrected chi connectivity index (χ1v) is 13.4. The molecule has 0 unspecified atom stereocenters. The number of carbonyl (C=O) groups excluding carboxylic acids is 1. The molecule has 7 heteroatoms. The molecule has 0 spiro atoms. The molecular formula is C33H38N2O5. The van der Waals surface area contributed by atoms with Crippen molar-refractivity contribution in [3.05, 3.63) is 89.5 Å². The molecule has 0 radical (unpaired) electrons. The van der Waals surface area contributed by atoms with Crippen LogP contribution in [-0.2, 0) is 27.4 Å². The number of aromatic nitrogens is 1. The molecule has 40 heavy (non-hydrogen) atoms. The van der Waals surface area contributed by atoms with E-state index in [4.69, 9.17) is 18.7 Å². The Bertz CT molecular complexity index is 1420. The molecule has 0 atom stereocenters. The van der Waals surface area contributed by atoms with E-state index in [9.17, 15) is 4.79 Å². The van der Waals surface area contributed by atoms with Crippen LogP contribution in [0.5, 0.6) is 0 Å². The van der Waals surface area contributed by atoms with Gasteiger partial charge in [0.25, 0.3) is 0 Å². The first-order chi connectivity index (χ1) is 19.2. The van der Waals surface area contributed by atoms with E-state index in [2.05, 4.69) is 36.3 Å². The minimum atomic E-state index is -0.381. The van der Waals surface area contributed by atoms with Gasteiger partial charge in [0.05, 0.1) is 13.2 Å². The quantitative estimate of drug-likeness (QED) is 0.206. The van der Waals surface area contributed by atoms with Crippen LogP contribution in [0, 0.1) is 6.92 Å². The van der Waals surface area contributed by atoms with Crippen LogP contribution in [0.15, 0.2) is 77.3 Å². The summed E-state index contributed by atoms with van der Waals surface area (Å²) in [4.78, 5) is 14.5. The summed E-state index contributed by atoms with van der Waals surface area (Å²) < 4.78 is 22.2. The standard InChI is InChI=1S/C33H38N2O5/c1-23-27(25-12-8-7-9-13-25)15-16-28(29(23)22-38-6)31-20-30(34-40-31)26-14-10-11-24(19-26)21-39-32(36)35(17-18-37-5)33(2,3)4/h7-16,19-20H,17-18,21-22H2,1-6H3. The van der Waals surface area contributed by atoms with Gasteiger partial charge in [-0.05, 0) is 61.6 Å². The van der Waals surface area contributed by atoms with Crippen LogP contribution >= 0.6 is 0 Å². The summed E-state index contributed by atoms with van der Waals surface area (Å²) in [7, 11) is 3.31. The molecule has 1 heterocycles. The summed E-state index contributed by atoms with van der Waals surface area (Å²) in [5, 5.41) is 4.36. The van der Waals surface area contributed by atoms with Crippen molar-refractivity contribution in [1.29, 1.82) is 0 Å². The number of rotatable bonds is 10. The molecule has 0 aliphatic heterocycles. The van der Waals surface area contributed by atoms with Crippen LogP contribution in [0.1, 0.15) is 37.5 Å². The average molecular weight is 543 g/mol. The normalized spacial score (nSPS) is 11.4. The number of methoxy groups -OCH3 is 2. The highest BCUT2D eigenvalue weighted by atomic mass is 16.6. The highest BCUT2D eigenvalue weighted by molar-refractivity contribution is 5.77. The lowest BCUT2D eigenvalue weighted by atomic mass is 9.92. The van der Waals surface area contributed by atoms with E-state index < -0.39 is 0 Å². The molecule has 1 aromatic heterocycles. The van der Waals surface area contributed by atoms with Crippen molar-refractivity contribution in [2.75, 3.05) is 27.4 Å². The van der Waals surface area contributed by atoms with Gasteiger partial charge in [0.2, 0.25) is 0 Å². The molecule has 0 aliphatic carbocycles. The Labute approximate surface area is 236 Å². The summed E-state index contributed by atoms with van der Waals surface area (Å²) in [6, 6.07) is 24.2. The summed E-state index contributed by atoms with van der Waals surface area (Å²) in [5.41, 5.74) is 7.52. The summed E-state index contributed by atoms with van der Waals surface area (Å²) >= 11 is 0. The maximum atomic E-state index is 12.8. The second-order valence-corrected chi connectivity index (χ2v) is 10.7. The number of nitrogens with zero attached hydrogens (tertiary/aromatic N) is 2.